The third kappa shape index (κ3) is 2.61. The van der Waals surface area contributed by atoms with Gasteiger partial charge in [0.05, 0.1) is 12.3 Å². The Hall–Kier alpha value is -1.22. The van der Waals surface area contributed by atoms with Crippen molar-refractivity contribution in [1.29, 1.82) is 0 Å². The van der Waals surface area contributed by atoms with E-state index in [1.54, 1.807) is 6.92 Å². The molecule has 2 aromatic rings. The third-order valence-corrected chi connectivity index (χ3v) is 4.88. The maximum Gasteiger partial charge on any atom is 0.244 e. The van der Waals surface area contributed by atoms with E-state index in [9.17, 15) is 8.42 Å². The van der Waals surface area contributed by atoms with Gasteiger partial charge in [-0.25, -0.2) is 13.1 Å². The predicted octanol–water partition coefficient (Wildman–Crippen LogP) is 0.750. The Balaban J connectivity index is 2.22. The van der Waals surface area contributed by atoms with Crippen molar-refractivity contribution in [3.63, 3.8) is 0 Å². The Morgan fingerprint density at radius 3 is 2.94 bits per heavy atom. The molecular formula is C10H13N3O3S2. The highest BCUT2D eigenvalue weighted by atomic mass is 32.2. The van der Waals surface area contributed by atoms with Crippen LogP contribution >= 0.6 is 11.3 Å². The number of aliphatic hydroxyl groups is 1. The minimum absolute atomic E-state index is 0.0292. The van der Waals surface area contributed by atoms with Gasteiger partial charge < -0.3 is 5.11 Å². The molecule has 0 unspecified atom stereocenters. The molecule has 18 heavy (non-hydrogen) atoms. The van der Waals surface area contributed by atoms with Crippen LogP contribution in [0, 0.1) is 6.92 Å². The monoisotopic (exact) mass is 287 g/mol. The van der Waals surface area contributed by atoms with E-state index >= 15 is 0 Å². The summed E-state index contributed by atoms with van der Waals surface area (Å²) in [6, 6.07) is 3.71. The molecule has 0 saturated heterocycles. The molecule has 6 nitrogen and oxygen atoms in total. The topological polar surface area (TPSA) is 95.1 Å². The van der Waals surface area contributed by atoms with Crippen LogP contribution in [0.15, 0.2) is 22.4 Å². The lowest BCUT2D eigenvalue weighted by Crippen LogP contribution is -2.24. The number of H-pyrrole nitrogens is 1. The first-order chi connectivity index (χ1) is 8.54. The van der Waals surface area contributed by atoms with Crippen molar-refractivity contribution in [2.24, 2.45) is 0 Å². The Bertz CT molecular complexity index is 617. The summed E-state index contributed by atoms with van der Waals surface area (Å²) in [5, 5.41) is 17.3. The van der Waals surface area contributed by atoms with Crippen LogP contribution in [0.1, 0.15) is 16.3 Å². The molecule has 0 aromatic carbocycles. The Morgan fingerprint density at radius 1 is 1.56 bits per heavy atom. The van der Waals surface area contributed by atoms with Crippen LogP contribution in [0.25, 0.3) is 0 Å². The van der Waals surface area contributed by atoms with Crippen molar-refractivity contribution in [2.75, 3.05) is 0 Å². The number of aliphatic hydroxyl groups excluding tert-OH is 1. The van der Waals surface area contributed by atoms with Crippen molar-refractivity contribution < 1.29 is 13.5 Å². The molecule has 3 N–H and O–H groups in total. The molecule has 98 valence electrons. The van der Waals surface area contributed by atoms with E-state index < -0.39 is 16.6 Å². The first kappa shape index (κ1) is 13.2. The number of aryl methyl sites for hydroxylation is 1. The number of hydrogen-bond acceptors (Lipinski definition) is 5. The molecule has 0 bridgehead atoms. The van der Waals surface area contributed by atoms with E-state index in [2.05, 4.69) is 14.9 Å². The smallest absolute Gasteiger partial charge is 0.244 e. The third-order valence-electron chi connectivity index (χ3n) is 2.40. The van der Waals surface area contributed by atoms with Gasteiger partial charge in [0.25, 0.3) is 0 Å². The summed E-state index contributed by atoms with van der Waals surface area (Å²) in [6.07, 6.45) is 0. The van der Waals surface area contributed by atoms with E-state index in [0.717, 1.165) is 4.88 Å². The standard InChI is InChI=1S/C10H13N3O3S2/c1-7-10(9(6-14)13-12-7)18(15,16)11-5-8-3-2-4-17-8/h2-4,11,14H,5-6H2,1H3,(H,12,13). The summed E-state index contributed by atoms with van der Waals surface area (Å²) in [5.74, 6) is 0. The highest BCUT2D eigenvalue weighted by Gasteiger charge is 2.23. The fraction of sp³-hybridized carbons (Fsp3) is 0.300. The zero-order valence-corrected chi connectivity index (χ0v) is 11.3. The van der Waals surface area contributed by atoms with E-state index in [1.807, 2.05) is 17.5 Å². The normalized spacial score (nSPS) is 11.9. The van der Waals surface area contributed by atoms with Gasteiger partial charge >= 0.3 is 0 Å². The molecule has 0 aliphatic rings. The van der Waals surface area contributed by atoms with Crippen LogP contribution in [0.4, 0.5) is 0 Å². The second kappa shape index (κ2) is 5.19. The van der Waals surface area contributed by atoms with Gasteiger partial charge in [-0.3, -0.25) is 5.10 Å². The number of thiophene rings is 1. The second-order valence-corrected chi connectivity index (χ2v) is 6.42. The molecule has 0 aliphatic heterocycles. The summed E-state index contributed by atoms with van der Waals surface area (Å²) >= 11 is 1.48. The molecule has 0 atom stereocenters. The molecule has 0 aliphatic carbocycles. The minimum Gasteiger partial charge on any atom is -0.390 e. The summed E-state index contributed by atoms with van der Waals surface area (Å²) in [7, 11) is -3.66. The predicted molar refractivity (Wildman–Crippen MR) is 67.6 cm³/mol. The molecule has 2 heterocycles. The number of aromatic amines is 1. The molecule has 2 aromatic heterocycles. The largest absolute Gasteiger partial charge is 0.390 e. The molecule has 0 radical (unpaired) electrons. The van der Waals surface area contributed by atoms with Gasteiger partial charge in [-0.05, 0) is 18.4 Å². The lowest BCUT2D eigenvalue weighted by molar-refractivity contribution is 0.273. The van der Waals surface area contributed by atoms with Crippen LogP contribution in [0.5, 0.6) is 0 Å². The number of hydrogen-bond donors (Lipinski definition) is 3. The van der Waals surface area contributed by atoms with Crippen LogP contribution in [-0.4, -0.2) is 23.7 Å². The van der Waals surface area contributed by atoms with E-state index in [4.69, 9.17) is 5.11 Å². The van der Waals surface area contributed by atoms with Crippen molar-refractivity contribution >= 4 is 21.4 Å². The summed E-state index contributed by atoms with van der Waals surface area (Å²) < 4.78 is 26.7. The quantitative estimate of drug-likeness (QED) is 0.756. The van der Waals surface area contributed by atoms with Crippen LogP contribution in [0.2, 0.25) is 0 Å². The average Bonchev–Trinajstić information content (AvgIpc) is 2.95. The van der Waals surface area contributed by atoms with Gasteiger partial charge in [0.15, 0.2) is 0 Å². The first-order valence-corrected chi connectivity index (χ1v) is 7.57. The van der Waals surface area contributed by atoms with Gasteiger partial charge in [-0.15, -0.1) is 11.3 Å². The average molecular weight is 287 g/mol. The zero-order valence-electron chi connectivity index (χ0n) is 9.67. The Labute approximate surface area is 109 Å². The summed E-state index contributed by atoms with van der Waals surface area (Å²) in [5.41, 5.74) is 0.545. The Morgan fingerprint density at radius 2 is 2.33 bits per heavy atom. The van der Waals surface area contributed by atoms with Crippen molar-refractivity contribution in [1.82, 2.24) is 14.9 Å². The highest BCUT2D eigenvalue weighted by Crippen LogP contribution is 2.18. The summed E-state index contributed by atoms with van der Waals surface area (Å²) in [6.45, 7) is 1.42. The summed E-state index contributed by atoms with van der Waals surface area (Å²) in [4.78, 5) is 0.951. The Kier molecular flexibility index (Phi) is 3.81. The highest BCUT2D eigenvalue weighted by molar-refractivity contribution is 7.89. The molecular weight excluding hydrogens is 274 g/mol. The number of sulfonamides is 1. The molecule has 0 fully saturated rings. The number of nitrogens with zero attached hydrogens (tertiary/aromatic N) is 1. The van der Waals surface area contributed by atoms with Crippen molar-refractivity contribution in [2.45, 2.75) is 25.0 Å². The van der Waals surface area contributed by atoms with Gasteiger partial charge in [-0.2, -0.15) is 5.10 Å². The van der Waals surface area contributed by atoms with Gasteiger partial charge in [0.1, 0.15) is 10.6 Å². The number of rotatable bonds is 5. The fourth-order valence-corrected chi connectivity index (χ4v) is 3.68. The lowest BCUT2D eigenvalue weighted by atomic mass is 10.4. The molecule has 8 heteroatoms. The van der Waals surface area contributed by atoms with Gasteiger partial charge in [-0.1, -0.05) is 6.07 Å². The second-order valence-electron chi connectivity index (χ2n) is 3.69. The minimum atomic E-state index is -3.66. The van der Waals surface area contributed by atoms with E-state index in [0.29, 0.717) is 5.69 Å². The van der Waals surface area contributed by atoms with E-state index in [1.165, 1.54) is 11.3 Å². The molecule has 0 spiro atoms. The number of aromatic nitrogens is 2. The van der Waals surface area contributed by atoms with Gasteiger partial charge in [0, 0.05) is 11.4 Å². The maximum absolute atomic E-state index is 12.1. The van der Waals surface area contributed by atoms with E-state index in [-0.39, 0.29) is 17.1 Å². The van der Waals surface area contributed by atoms with Crippen LogP contribution in [-0.2, 0) is 23.2 Å². The number of nitrogens with one attached hydrogen (secondary N) is 2. The van der Waals surface area contributed by atoms with Crippen molar-refractivity contribution in [3.05, 3.63) is 33.8 Å². The zero-order chi connectivity index (χ0) is 13.2. The maximum atomic E-state index is 12.1. The molecule has 0 amide bonds. The SMILES string of the molecule is Cc1[nH]nc(CO)c1S(=O)(=O)NCc1cccs1. The molecule has 0 saturated carbocycles. The van der Waals surface area contributed by atoms with Crippen LogP contribution < -0.4 is 4.72 Å². The fourth-order valence-electron chi connectivity index (χ4n) is 1.58. The van der Waals surface area contributed by atoms with Gasteiger partial charge in [0.2, 0.25) is 10.0 Å². The first-order valence-electron chi connectivity index (χ1n) is 5.21. The van der Waals surface area contributed by atoms with Crippen molar-refractivity contribution in [3.8, 4) is 0 Å². The van der Waals surface area contributed by atoms with Crippen LogP contribution in [0.3, 0.4) is 0 Å². The lowest BCUT2D eigenvalue weighted by Gasteiger charge is -2.06. The molecule has 2 rings (SSSR count).